The van der Waals surface area contributed by atoms with E-state index in [9.17, 15) is 4.79 Å². The first-order chi connectivity index (χ1) is 7.77. The van der Waals surface area contributed by atoms with Gasteiger partial charge in [0.05, 0.1) is 12.5 Å². The van der Waals surface area contributed by atoms with Crippen LogP contribution < -0.4 is 5.32 Å². The maximum atomic E-state index is 11.9. The fourth-order valence-electron chi connectivity index (χ4n) is 1.90. The average Bonchev–Trinajstić information content (AvgIpc) is 2.33. The number of anilines is 1. The highest BCUT2D eigenvalue weighted by molar-refractivity contribution is 5.93. The van der Waals surface area contributed by atoms with Crippen molar-refractivity contribution >= 4 is 11.6 Å². The van der Waals surface area contributed by atoms with Crippen LogP contribution in [0.5, 0.6) is 0 Å². The summed E-state index contributed by atoms with van der Waals surface area (Å²) in [7, 11) is 0. The zero-order valence-corrected chi connectivity index (χ0v) is 9.53. The van der Waals surface area contributed by atoms with Gasteiger partial charge in [-0.25, -0.2) is 0 Å². The van der Waals surface area contributed by atoms with Crippen molar-refractivity contribution in [3.8, 4) is 0 Å². The van der Waals surface area contributed by atoms with Gasteiger partial charge in [0.15, 0.2) is 0 Å². The van der Waals surface area contributed by atoms with E-state index in [-0.39, 0.29) is 11.8 Å². The molecule has 1 fully saturated rings. The third kappa shape index (κ3) is 2.61. The number of carbonyl (C=O) groups excluding carboxylic acids is 1. The Balaban J connectivity index is 1.99. The first-order valence-corrected chi connectivity index (χ1v) is 5.71. The lowest BCUT2D eigenvalue weighted by Gasteiger charge is -2.21. The minimum absolute atomic E-state index is 0.00774. The molecule has 1 aliphatic heterocycles. The molecule has 0 saturated carbocycles. The Kier molecular flexibility index (Phi) is 3.57. The Morgan fingerprint density at radius 3 is 2.94 bits per heavy atom. The van der Waals surface area contributed by atoms with Gasteiger partial charge in [-0.3, -0.25) is 4.79 Å². The summed E-state index contributed by atoms with van der Waals surface area (Å²) in [4.78, 5) is 11.9. The zero-order valence-electron chi connectivity index (χ0n) is 9.53. The van der Waals surface area contributed by atoms with Crippen molar-refractivity contribution in [2.75, 3.05) is 18.5 Å². The van der Waals surface area contributed by atoms with Gasteiger partial charge in [0.2, 0.25) is 5.91 Å². The summed E-state index contributed by atoms with van der Waals surface area (Å²) in [5.41, 5.74) is 1.99. The largest absolute Gasteiger partial charge is 0.381 e. The molecule has 16 heavy (non-hydrogen) atoms. The number of carbonyl (C=O) groups is 1. The number of rotatable bonds is 2. The highest BCUT2D eigenvalue weighted by atomic mass is 16.5. The van der Waals surface area contributed by atoms with Crippen molar-refractivity contribution in [1.82, 2.24) is 0 Å². The van der Waals surface area contributed by atoms with Gasteiger partial charge in [0, 0.05) is 12.3 Å². The van der Waals surface area contributed by atoms with Gasteiger partial charge < -0.3 is 10.1 Å². The molecule has 1 atom stereocenters. The second kappa shape index (κ2) is 5.12. The summed E-state index contributed by atoms with van der Waals surface area (Å²) in [6, 6.07) is 7.82. The quantitative estimate of drug-likeness (QED) is 0.829. The van der Waals surface area contributed by atoms with Crippen LogP contribution >= 0.6 is 0 Å². The van der Waals surface area contributed by atoms with Gasteiger partial charge in [0.25, 0.3) is 0 Å². The van der Waals surface area contributed by atoms with Crippen LogP contribution in [0, 0.1) is 12.8 Å². The van der Waals surface area contributed by atoms with Gasteiger partial charge in [-0.2, -0.15) is 0 Å². The molecule has 3 nitrogen and oxygen atoms in total. The third-order valence-electron chi connectivity index (χ3n) is 2.93. The van der Waals surface area contributed by atoms with Crippen molar-refractivity contribution in [2.24, 2.45) is 5.92 Å². The van der Waals surface area contributed by atoms with Gasteiger partial charge >= 0.3 is 0 Å². The molecule has 0 aromatic heterocycles. The molecule has 0 radical (unpaired) electrons. The number of aryl methyl sites for hydroxylation is 1. The number of hydrogen-bond donors (Lipinski definition) is 1. The molecule has 0 spiro atoms. The minimum Gasteiger partial charge on any atom is -0.381 e. The third-order valence-corrected chi connectivity index (χ3v) is 2.93. The molecule has 1 aromatic carbocycles. The molecule has 1 N–H and O–H groups in total. The lowest BCUT2D eigenvalue weighted by Crippen LogP contribution is -2.30. The van der Waals surface area contributed by atoms with Crippen LogP contribution in [0.2, 0.25) is 0 Å². The summed E-state index contributed by atoms with van der Waals surface area (Å²) in [5, 5.41) is 2.96. The second-order valence-corrected chi connectivity index (χ2v) is 4.22. The lowest BCUT2D eigenvalue weighted by molar-refractivity contribution is -0.123. The van der Waals surface area contributed by atoms with Gasteiger partial charge in [0.1, 0.15) is 0 Å². The van der Waals surface area contributed by atoms with Crippen LogP contribution in [-0.2, 0) is 9.53 Å². The summed E-state index contributed by atoms with van der Waals surface area (Å²) in [6.07, 6.45) is 1.91. The molecule has 1 aromatic rings. The van der Waals surface area contributed by atoms with Crippen molar-refractivity contribution in [3.63, 3.8) is 0 Å². The lowest BCUT2D eigenvalue weighted by atomic mass is 10.0. The van der Waals surface area contributed by atoms with Crippen LogP contribution in [-0.4, -0.2) is 19.1 Å². The average molecular weight is 219 g/mol. The normalized spacial score (nSPS) is 20.4. The van der Waals surface area contributed by atoms with Crippen LogP contribution in [0.1, 0.15) is 18.4 Å². The van der Waals surface area contributed by atoms with Crippen molar-refractivity contribution in [1.29, 1.82) is 0 Å². The number of para-hydroxylation sites is 1. The molecule has 1 amide bonds. The van der Waals surface area contributed by atoms with E-state index < -0.39 is 0 Å². The van der Waals surface area contributed by atoms with E-state index in [1.54, 1.807) is 0 Å². The Morgan fingerprint density at radius 1 is 1.44 bits per heavy atom. The molecule has 1 heterocycles. The Bertz CT molecular complexity index is 370. The highest BCUT2D eigenvalue weighted by Crippen LogP contribution is 2.18. The monoisotopic (exact) mass is 219 g/mol. The Morgan fingerprint density at radius 2 is 2.25 bits per heavy atom. The van der Waals surface area contributed by atoms with Crippen LogP contribution in [0.25, 0.3) is 0 Å². The highest BCUT2D eigenvalue weighted by Gasteiger charge is 2.21. The summed E-state index contributed by atoms with van der Waals surface area (Å²) in [6.45, 7) is 3.33. The SMILES string of the molecule is Cc1ccccc1NC(=O)C1CCCOC1. The van der Waals surface area contributed by atoms with Gasteiger partial charge in [-0.1, -0.05) is 18.2 Å². The first-order valence-electron chi connectivity index (χ1n) is 5.71. The number of ether oxygens (including phenoxy) is 1. The predicted molar refractivity (Wildman–Crippen MR) is 63.4 cm³/mol. The Hall–Kier alpha value is -1.35. The molecule has 1 aliphatic rings. The Labute approximate surface area is 95.8 Å². The number of hydrogen-bond acceptors (Lipinski definition) is 2. The van der Waals surface area contributed by atoms with Gasteiger partial charge in [-0.15, -0.1) is 0 Å². The molecule has 3 heteroatoms. The summed E-state index contributed by atoms with van der Waals surface area (Å²) < 4.78 is 5.31. The van der Waals surface area contributed by atoms with E-state index in [4.69, 9.17) is 4.74 Å². The number of amides is 1. The molecule has 0 aliphatic carbocycles. The van der Waals surface area contributed by atoms with Crippen LogP contribution in [0.15, 0.2) is 24.3 Å². The van der Waals surface area contributed by atoms with E-state index in [1.165, 1.54) is 0 Å². The molecule has 0 bridgehead atoms. The van der Waals surface area contributed by atoms with Crippen molar-refractivity contribution < 1.29 is 9.53 Å². The maximum absolute atomic E-state index is 11.9. The topological polar surface area (TPSA) is 38.3 Å². The summed E-state index contributed by atoms with van der Waals surface area (Å²) in [5.74, 6) is 0.0855. The van der Waals surface area contributed by atoms with Crippen molar-refractivity contribution in [2.45, 2.75) is 19.8 Å². The zero-order chi connectivity index (χ0) is 11.4. The van der Waals surface area contributed by atoms with Gasteiger partial charge in [-0.05, 0) is 31.4 Å². The van der Waals surface area contributed by atoms with E-state index in [1.807, 2.05) is 31.2 Å². The molecular formula is C13H17NO2. The van der Waals surface area contributed by atoms with E-state index >= 15 is 0 Å². The van der Waals surface area contributed by atoms with Crippen LogP contribution in [0.4, 0.5) is 5.69 Å². The fraction of sp³-hybridized carbons (Fsp3) is 0.462. The standard InChI is InChI=1S/C13H17NO2/c1-10-5-2-3-7-12(10)14-13(15)11-6-4-8-16-9-11/h2-3,5,7,11H,4,6,8-9H2,1H3,(H,14,15). The first kappa shape index (κ1) is 11.1. The number of benzene rings is 1. The molecule has 1 saturated heterocycles. The van der Waals surface area contributed by atoms with Crippen LogP contribution in [0.3, 0.4) is 0 Å². The molecular weight excluding hydrogens is 202 g/mol. The fourth-order valence-corrected chi connectivity index (χ4v) is 1.90. The predicted octanol–water partition coefficient (Wildman–Crippen LogP) is 2.36. The second-order valence-electron chi connectivity index (χ2n) is 4.22. The van der Waals surface area contributed by atoms with E-state index in [0.717, 1.165) is 30.7 Å². The molecule has 2 rings (SSSR count). The molecule has 1 unspecified atom stereocenters. The van der Waals surface area contributed by atoms with E-state index in [2.05, 4.69) is 5.32 Å². The van der Waals surface area contributed by atoms with E-state index in [0.29, 0.717) is 6.61 Å². The summed E-state index contributed by atoms with van der Waals surface area (Å²) >= 11 is 0. The maximum Gasteiger partial charge on any atom is 0.229 e. The minimum atomic E-state index is 0.00774. The smallest absolute Gasteiger partial charge is 0.229 e. The molecule has 86 valence electrons. The van der Waals surface area contributed by atoms with Crippen molar-refractivity contribution in [3.05, 3.63) is 29.8 Å². The number of nitrogens with one attached hydrogen (secondary N) is 1.